The second-order valence-electron chi connectivity index (χ2n) is 3.72. The summed E-state index contributed by atoms with van der Waals surface area (Å²) in [7, 11) is -2.02. The second kappa shape index (κ2) is 6.12. The molecule has 1 rings (SSSR count). The van der Waals surface area contributed by atoms with Crippen LogP contribution >= 0.6 is 12.2 Å². The Labute approximate surface area is 112 Å². The lowest BCUT2D eigenvalue weighted by atomic mass is 10.2. The topological polar surface area (TPSA) is 81.4 Å². The number of benzene rings is 1. The van der Waals surface area contributed by atoms with Crippen LogP contribution in [-0.2, 0) is 16.6 Å². The predicted molar refractivity (Wildman–Crippen MR) is 75.0 cm³/mol. The predicted octanol–water partition coefficient (Wildman–Crippen LogP) is 0.789. The molecule has 0 radical (unpaired) electrons. The van der Waals surface area contributed by atoms with Gasteiger partial charge in [0, 0.05) is 12.1 Å². The number of thiocarbonyl (C=S) groups is 1. The molecular formula is C11H16N2O3S2. The van der Waals surface area contributed by atoms with Crippen LogP contribution in [0.25, 0.3) is 0 Å². The van der Waals surface area contributed by atoms with E-state index in [0.717, 1.165) is 5.56 Å². The van der Waals surface area contributed by atoms with Gasteiger partial charge in [0.2, 0.25) is 10.0 Å². The summed E-state index contributed by atoms with van der Waals surface area (Å²) in [6.07, 6.45) is 0. The minimum absolute atomic E-state index is 0.0532. The van der Waals surface area contributed by atoms with Crippen molar-refractivity contribution in [2.75, 3.05) is 7.11 Å². The third-order valence-corrected chi connectivity index (χ3v) is 4.76. The van der Waals surface area contributed by atoms with Crippen LogP contribution in [0, 0.1) is 0 Å². The van der Waals surface area contributed by atoms with Crippen molar-refractivity contribution in [3.63, 3.8) is 0 Å². The van der Waals surface area contributed by atoms with Gasteiger partial charge < -0.3 is 10.5 Å². The van der Waals surface area contributed by atoms with Crippen LogP contribution in [0.2, 0.25) is 0 Å². The van der Waals surface area contributed by atoms with Crippen LogP contribution in [0.4, 0.5) is 0 Å². The molecule has 0 aromatic heterocycles. The minimum Gasteiger partial charge on any atom is -0.496 e. The Morgan fingerprint density at radius 2 is 2.11 bits per heavy atom. The molecule has 0 saturated heterocycles. The van der Waals surface area contributed by atoms with E-state index in [1.54, 1.807) is 12.1 Å². The lowest BCUT2D eigenvalue weighted by Crippen LogP contribution is -2.39. The number of hydrogen-bond donors (Lipinski definition) is 2. The monoisotopic (exact) mass is 288 g/mol. The molecule has 1 atom stereocenters. The minimum atomic E-state index is -3.55. The number of para-hydroxylation sites is 1. The molecular weight excluding hydrogens is 272 g/mol. The highest BCUT2D eigenvalue weighted by molar-refractivity contribution is 7.93. The van der Waals surface area contributed by atoms with Gasteiger partial charge in [-0.1, -0.05) is 30.4 Å². The fourth-order valence-electron chi connectivity index (χ4n) is 1.31. The molecule has 1 unspecified atom stereocenters. The standard InChI is InChI=1S/C11H16N2O3S2/c1-8(11(12)17)18(14,15)13-7-9-5-3-4-6-10(9)16-2/h3-6,8,13H,7H2,1-2H3,(H2,12,17). The average molecular weight is 288 g/mol. The zero-order chi connectivity index (χ0) is 13.8. The molecule has 0 bridgehead atoms. The molecule has 0 aliphatic carbocycles. The summed E-state index contributed by atoms with van der Waals surface area (Å²) in [4.78, 5) is -0.0532. The molecule has 0 amide bonds. The second-order valence-corrected chi connectivity index (χ2v) is 6.28. The van der Waals surface area contributed by atoms with E-state index in [1.807, 2.05) is 12.1 Å². The van der Waals surface area contributed by atoms with E-state index < -0.39 is 15.3 Å². The first-order valence-corrected chi connectivity index (χ1v) is 7.23. The van der Waals surface area contributed by atoms with Gasteiger partial charge in [0.1, 0.15) is 11.0 Å². The summed E-state index contributed by atoms with van der Waals surface area (Å²) in [5.41, 5.74) is 6.08. The maximum absolute atomic E-state index is 11.8. The van der Waals surface area contributed by atoms with E-state index in [2.05, 4.69) is 16.9 Å². The van der Waals surface area contributed by atoms with E-state index in [-0.39, 0.29) is 11.5 Å². The third-order valence-electron chi connectivity index (χ3n) is 2.52. The van der Waals surface area contributed by atoms with Crippen LogP contribution in [0.15, 0.2) is 24.3 Å². The Kier molecular flexibility index (Phi) is 5.06. The van der Waals surface area contributed by atoms with E-state index in [0.29, 0.717) is 5.75 Å². The molecule has 5 nitrogen and oxygen atoms in total. The van der Waals surface area contributed by atoms with Gasteiger partial charge in [-0.3, -0.25) is 0 Å². The number of sulfonamides is 1. The van der Waals surface area contributed by atoms with Crippen molar-refractivity contribution < 1.29 is 13.2 Å². The molecule has 3 N–H and O–H groups in total. The first-order valence-electron chi connectivity index (χ1n) is 5.28. The number of nitrogens with one attached hydrogen (secondary N) is 1. The summed E-state index contributed by atoms with van der Waals surface area (Å²) in [6, 6.07) is 7.17. The first-order chi connectivity index (χ1) is 8.38. The lowest BCUT2D eigenvalue weighted by Gasteiger charge is -2.13. The Bertz CT molecular complexity index is 529. The van der Waals surface area contributed by atoms with Crippen molar-refractivity contribution in [2.24, 2.45) is 5.73 Å². The van der Waals surface area contributed by atoms with Crippen molar-refractivity contribution in [3.05, 3.63) is 29.8 Å². The normalized spacial score (nSPS) is 13.0. The van der Waals surface area contributed by atoms with Gasteiger partial charge in [-0.2, -0.15) is 0 Å². The van der Waals surface area contributed by atoms with Gasteiger partial charge in [-0.25, -0.2) is 13.1 Å². The fraction of sp³-hybridized carbons (Fsp3) is 0.364. The zero-order valence-electron chi connectivity index (χ0n) is 10.2. The van der Waals surface area contributed by atoms with Gasteiger partial charge in [-0.15, -0.1) is 0 Å². The SMILES string of the molecule is COc1ccccc1CNS(=O)(=O)C(C)C(N)=S. The van der Waals surface area contributed by atoms with E-state index in [1.165, 1.54) is 14.0 Å². The molecule has 0 heterocycles. The van der Waals surface area contributed by atoms with Gasteiger partial charge in [0.05, 0.1) is 12.1 Å². The molecule has 0 spiro atoms. The van der Waals surface area contributed by atoms with Gasteiger partial charge in [-0.05, 0) is 13.0 Å². The Morgan fingerprint density at radius 3 is 2.67 bits per heavy atom. The quantitative estimate of drug-likeness (QED) is 0.756. The average Bonchev–Trinajstić information content (AvgIpc) is 2.35. The molecule has 1 aromatic carbocycles. The number of ether oxygens (including phenoxy) is 1. The number of hydrogen-bond acceptors (Lipinski definition) is 4. The summed E-state index contributed by atoms with van der Waals surface area (Å²) in [5, 5.41) is -0.901. The van der Waals surface area contributed by atoms with Crippen LogP contribution in [-0.4, -0.2) is 25.8 Å². The van der Waals surface area contributed by atoms with Crippen LogP contribution in [0.5, 0.6) is 5.75 Å². The molecule has 0 aliphatic rings. The van der Waals surface area contributed by atoms with E-state index in [4.69, 9.17) is 10.5 Å². The van der Waals surface area contributed by atoms with Crippen molar-refractivity contribution in [1.29, 1.82) is 0 Å². The van der Waals surface area contributed by atoms with E-state index in [9.17, 15) is 8.42 Å². The van der Waals surface area contributed by atoms with Crippen LogP contribution in [0.1, 0.15) is 12.5 Å². The highest BCUT2D eigenvalue weighted by atomic mass is 32.2. The number of rotatable bonds is 6. The van der Waals surface area contributed by atoms with E-state index >= 15 is 0 Å². The molecule has 0 aliphatic heterocycles. The number of methoxy groups -OCH3 is 1. The highest BCUT2D eigenvalue weighted by Gasteiger charge is 2.22. The maximum atomic E-state index is 11.8. The first kappa shape index (κ1) is 14.9. The third kappa shape index (κ3) is 3.66. The molecule has 18 heavy (non-hydrogen) atoms. The Morgan fingerprint density at radius 1 is 1.50 bits per heavy atom. The van der Waals surface area contributed by atoms with Crippen molar-refractivity contribution >= 4 is 27.2 Å². The summed E-state index contributed by atoms with van der Waals surface area (Å²) < 4.78 is 31.2. The zero-order valence-corrected chi connectivity index (χ0v) is 11.8. The van der Waals surface area contributed by atoms with Crippen molar-refractivity contribution in [3.8, 4) is 5.75 Å². The smallest absolute Gasteiger partial charge is 0.221 e. The maximum Gasteiger partial charge on any atom is 0.221 e. The molecule has 7 heteroatoms. The fourth-order valence-corrected chi connectivity index (χ4v) is 2.60. The highest BCUT2D eigenvalue weighted by Crippen LogP contribution is 2.17. The van der Waals surface area contributed by atoms with Crippen LogP contribution < -0.4 is 15.2 Å². The van der Waals surface area contributed by atoms with Crippen molar-refractivity contribution in [1.82, 2.24) is 4.72 Å². The van der Waals surface area contributed by atoms with Gasteiger partial charge in [0.15, 0.2) is 0 Å². The lowest BCUT2D eigenvalue weighted by molar-refractivity contribution is 0.409. The van der Waals surface area contributed by atoms with Crippen molar-refractivity contribution in [2.45, 2.75) is 18.7 Å². The summed E-state index contributed by atoms with van der Waals surface area (Å²) in [6.45, 7) is 1.59. The Hall–Kier alpha value is -1.18. The van der Waals surface area contributed by atoms with Gasteiger partial charge in [0.25, 0.3) is 0 Å². The van der Waals surface area contributed by atoms with Gasteiger partial charge >= 0.3 is 0 Å². The largest absolute Gasteiger partial charge is 0.496 e. The summed E-state index contributed by atoms with van der Waals surface area (Å²) in [5.74, 6) is 0.628. The molecule has 100 valence electrons. The number of nitrogens with two attached hydrogens (primary N) is 1. The van der Waals surface area contributed by atoms with Crippen LogP contribution in [0.3, 0.4) is 0 Å². The molecule has 0 fully saturated rings. The molecule has 0 saturated carbocycles. The Balaban J connectivity index is 2.79. The molecule has 1 aromatic rings. The summed E-state index contributed by atoms with van der Waals surface area (Å²) >= 11 is 4.68.